The molecule has 0 heterocycles. The number of hydrogen-bond donors (Lipinski definition) is 0. The van der Waals surface area contributed by atoms with Crippen LogP contribution >= 0.6 is 0 Å². The van der Waals surface area contributed by atoms with Crippen LogP contribution in [0.1, 0.15) is 64.2 Å². The lowest BCUT2D eigenvalue weighted by molar-refractivity contribution is -0.164. The zero-order chi connectivity index (χ0) is 14.4. The first-order valence-corrected chi connectivity index (χ1v) is 8.21. The van der Waals surface area contributed by atoms with Gasteiger partial charge >= 0.3 is 5.97 Å². The Hall–Kier alpha value is -0.570. The molecule has 0 aliphatic heterocycles. The third-order valence-corrected chi connectivity index (χ3v) is 5.18. The predicted molar refractivity (Wildman–Crippen MR) is 80.5 cm³/mol. The predicted octanol–water partition coefficient (Wildman–Crippen LogP) is 3.95. The first kappa shape index (κ1) is 15.8. The Kier molecular flexibility index (Phi) is 5.88. The van der Waals surface area contributed by atoms with E-state index in [1.165, 1.54) is 51.4 Å². The zero-order valence-electron chi connectivity index (χ0n) is 12.7. The molecule has 2 fully saturated rings. The van der Waals surface area contributed by atoms with Crippen molar-refractivity contribution in [2.24, 2.45) is 11.3 Å². The molecule has 2 rings (SSSR count). The highest BCUT2D eigenvalue weighted by atomic mass is 16.5. The van der Waals surface area contributed by atoms with Gasteiger partial charge in [-0.3, -0.25) is 4.79 Å². The highest BCUT2D eigenvalue weighted by Crippen LogP contribution is 2.49. The van der Waals surface area contributed by atoms with Crippen molar-refractivity contribution in [3.63, 3.8) is 0 Å². The van der Waals surface area contributed by atoms with Crippen LogP contribution < -0.4 is 0 Å². The lowest BCUT2D eigenvalue weighted by atomic mass is 9.62. The van der Waals surface area contributed by atoms with Crippen molar-refractivity contribution in [2.75, 3.05) is 13.2 Å². The number of rotatable bonds is 5. The van der Waals surface area contributed by atoms with Gasteiger partial charge in [0, 0.05) is 0 Å². The third-order valence-electron chi connectivity index (χ3n) is 5.18. The quantitative estimate of drug-likeness (QED) is 0.564. The molecule has 0 unspecified atom stereocenters. The summed E-state index contributed by atoms with van der Waals surface area (Å²) in [6.45, 7) is 1.02. The van der Waals surface area contributed by atoms with Gasteiger partial charge in [0.25, 0.3) is 0 Å². The largest absolute Gasteiger partial charge is 0.608 e. The van der Waals surface area contributed by atoms with Gasteiger partial charge in [0.2, 0.25) is 0 Å². The van der Waals surface area contributed by atoms with Crippen molar-refractivity contribution in [2.45, 2.75) is 64.2 Å². The van der Waals surface area contributed by atoms with E-state index >= 15 is 0 Å². The maximum atomic E-state index is 12.7. The average molecular weight is 279 g/mol. The smallest absolute Gasteiger partial charge is 0.312 e. The molecule has 0 atom stereocenters. The third kappa shape index (κ3) is 3.75. The molecule has 0 aromatic carbocycles. The van der Waals surface area contributed by atoms with Gasteiger partial charge in [-0.15, -0.1) is 0 Å². The fourth-order valence-corrected chi connectivity index (χ4v) is 4.03. The second-order valence-electron chi connectivity index (χ2n) is 6.58. The van der Waals surface area contributed by atoms with Crippen LogP contribution in [0.5, 0.6) is 0 Å². The SMILES string of the molecule is [CH2-]N([CH2-])CCOC(=O)C1(C2CCCCC2)CCCCC1. The molecular weight excluding hydrogens is 250 g/mol. The Labute approximate surface area is 124 Å². The van der Waals surface area contributed by atoms with Gasteiger partial charge in [-0.2, -0.15) is 0 Å². The van der Waals surface area contributed by atoms with Gasteiger partial charge in [0.1, 0.15) is 0 Å². The lowest BCUT2D eigenvalue weighted by Crippen LogP contribution is -2.43. The molecule has 0 spiro atoms. The van der Waals surface area contributed by atoms with Crippen LogP contribution in [0.4, 0.5) is 0 Å². The van der Waals surface area contributed by atoms with E-state index in [1.54, 1.807) is 4.90 Å². The molecule has 2 saturated carbocycles. The summed E-state index contributed by atoms with van der Waals surface area (Å²) in [5.41, 5.74) is -0.175. The summed E-state index contributed by atoms with van der Waals surface area (Å²) < 4.78 is 5.59. The molecular formula is C17H29NO2-2. The van der Waals surface area contributed by atoms with Gasteiger partial charge in [-0.1, -0.05) is 38.5 Å². The lowest BCUT2D eigenvalue weighted by Gasteiger charge is -2.43. The topological polar surface area (TPSA) is 29.5 Å². The molecule has 2 aliphatic carbocycles. The van der Waals surface area contributed by atoms with Gasteiger partial charge in [0.15, 0.2) is 0 Å². The molecule has 0 amide bonds. The number of esters is 1. The second kappa shape index (κ2) is 7.44. The minimum atomic E-state index is -0.175. The van der Waals surface area contributed by atoms with E-state index in [9.17, 15) is 4.79 Å². The van der Waals surface area contributed by atoms with E-state index in [4.69, 9.17) is 4.74 Å². The minimum Gasteiger partial charge on any atom is -0.608 e. The molecule has 3 nitrogen and oxygen atoms in total. The standard InChI is InChI=1S/C17H29NO2/c1-18(2)13-14-20-16(19)17(11-7-4-8-12-17)15-9-5-3-6-10-15/h15H,1-14H2/q-2. The summed E-state index contributed by atoms with van der Waals surface area (Å²) in [6, 6.07) is 0. The monoisotopic (exact) mass is 279 g/mol. The number of ether oxygens (including phenoxy) is 1. The Balaban J connectivity index is 1.99. The molecule has 2 aliphatic rings. The van der Waals surface area contributed by atoms with Crippen molar-refractivity contribution < 1.29 is 9.53 Å². The molecule has 116 valence electrons. The fourth-order valence-electron chi connectivity index (χ4n) is 4.03. The molecule has 0 bridgehead atoms. The van der Waals surface area contributed by atoms with Gasteiger partial charge in [-0.25, -0.2) is 0 Å². The Morgan fingerprint density at radius 1 is 1.05 bits per heavy atom. The molecule has 0 radical (unpaired) electrons. The zero-order valence-corrected chi connectivity index (χ0v) is 12.7. The highest BCUT2D eigenvalue weighted by molar-refractivity contribution is 5.77. The normalized spacial score (nSPS) is 23.8. The van der Waals surface area contributed by atoms with Crippen LogP contribution in [0.15, 0.2) is 0 Å². The van der Waals surface area contributed by atoms with Crippen LogP contribution in [-0.2, 0) is 9.53 Å². The van der Waals surface area contributed by atoms with E-state index in [-0.39, 0.29) is 11.4 Å². The number of hydrogen-bond acceptors (Lipinski definition) is 3. The van der Waals surface area contributed by atoms with Gasteiger partial charge < -0.3 is 23.7 Å². The summed E-state index contributed by atoms with van der Waals surface area (Å²) in [7, 11) is 7.37. The Morgan fingerprint density at radius 2 is 1.65 bits per heavy atom. The molecule has 0 aromatic heterocycles. The Bertz CT molecular complexity index is 302. The van der Waals surface area contributed by atoms with Crippen molar-refractivity contribution in [1.29, 1.82) is 0 Å². The van der Waals surface area contributed by atoms with E-state index in [1.807, 2.05) is 0 Å². The molecule has 0 aromatic rings. The summed E-state index contributed by atoms with van der Waals surface area (Å²) in [6.07, 6.45) is 12.0. The van der Waals surface area contributed by atoms with Gasteiger partial charge in [-0.05, 0) is 38.1 Å². The molecule has 3 heteroatoms. The highest BCUT2D eigenvalue weighted by Gasteiger charge is 2.47. The van der Waals surface area contributed by atoms with Crippen LogP contribution in [0.2, 0.25) is 0 Å². The maximum absolute atomic E-state index is 12.7. The van der Waals surface area contributed by atoms with Crippen molar-refractivity contribution in [1.82, 2.24) is 4.90 Å². The fraction of sp³-hybridized carbons (Fsp3) is 0.824. The second-order valence-corrected chi connectivity index (χ2v) is 6.58. The van der Waals surface area contributed by atoms with Crippen molar-refractivity contribution >= 4 is 5.97 Å². The van der Waals surface area contributed by atoms with Crippen molar-refractivity contribution in [3.8, 4) is 0 Å². The molecule has 0 N–H and O–H groups in total. The van der Waals surface area contributed by atoms with Gasteiger partial charge in [0.05, 0.1) is 12.0 Å². The van der Waals surface area contributed by atoms with Crippen LogP contribution in [-0.4, -0.2) is 24.0 Å². The van der Waals surface area contributed by atoms with E-state index in [0.717, 1.165) is 12.8 Å². The Morgan fingerprint density at radius 3 is 2.25 bits per heavy atom. The minimum absolute atomic E-state index is 0.0611. The summed E-state index contributed by atoms with van der Waals surface area (Å²) in [4.78, 5) is 14.3. The maximum Gasteiger partial charge on any atom is 0.312 e. The average Bonchev–Trinajstić information content (AvgIpc) is 2.48. The van der Waals surface area contributed by atoms with Crippen LogP contribution in [0.3, 0.4) is 0 Å². The molecule has 20 heavy (non-hydrogen) atoms. The number of nitrogens with zero attached hydrogens (tertiary/aromatic N) is 1. The van der Waals surface area contributed by atoms with Crippen LogP contribution in [0, 0.1) is 25.4 Å². The van der Waals surface area contributed by atoms with E-state index in [2.05, 4.69) is 14.1 Å². The summed E-state index contributed by atoms with van der Waals surface area (Å²) >= 11 is 0. The van der Waals surface area contributed by atoms with Crippen molar-refractivity contribution in [3.05, 3.63) is 14.1 Å². The number of carbonyl (C=O) groups excluding carboxylic acids is 1. The molecule has 0 saturated heterocycles. The van der Waals surface area contributed by atoms with E-state index < -0.39 is 0 Å². The first-order chi connectivity index (χ1) is 9.65. The number of carbonyl (C=O) groups is 1. The van der Waals surface area contributed by atoms with Crippen LogP contribution in [0.25, 0.3) is 0 Å². The van der Waals surface area contributed by atoms with E-state index in [0.29, 0.717) is 19.1 Å². The summed E-state index contributed by atoms with van der Waals surface area (Å²) in [5.74, 6) is 0.616. The summed E-state index contributed by atoms with van der Waals surface area (Å²) in [5, 5.41) is 0. The first-order valence-electron chi connectivity index (χ1n) is 8.21.